The third-order valence-corrected chi connectivity index (χ3v) is 8.05. The molecular formula is C31H36IN3O6. The number of aliphatic hydroxyl groups excluding tert-OH is 2. The molecule has 0 spiro atoms. The molecule has 1 aromatic heterocycles. The highest BCUT2D eigenvalue weighted by atomic mass is 127. The van der Waals surface area contributed by atoms with Crippen molar-refractivity contribution in [2.75, 3.05) is 19.7 Å². The number of amides is 2. The summed E-state index contributed by atoms with van der Waals surface area (Å²) in [5.41, 5.74) is 2.31. The lowest BCUT2D eigenvalue weighted by Crippen LogP contribution is -2.55. The summed E-state index contributed by atoms with van der Waals surface area (Å²) in [5.74, 6) is -0.0122. The van der Waals surface area contributed by atoms with Crippen LogP contribution in [0.1, 0.15) is 38.3 Å². The van der Waals surface area contributed by atoms with E-state index in [2.05, 4.69) is 32.9 Å². The number of carbonyl (C=O) groups excluding carboxylic acids is 3. The molecule has 4 N–H and O–H groups in total. The van der Waals surface area contributed by atoms with E-state index in [1.807, 2.05) is 48.5 Å². The summed E-state index contributed by atoms with van der Waals surface area (Å²) in [6.45, 7) is 1.67. The maximum Gasteiger partial charge on any atom is 0.247 e. The standard InChI is InChI=1S/C31H36IN3O6/c1-20(37)7-6-12-29(38)35(15-13-23-17-21-8-2-4-10-25(21)34-23)26-18-22(31(40)33-14-16-36)19-28(30(26)39)41-27-11-5-3-9-24(27)32/h2-5,8-11,17,19,26,28,30,34,36,39H,6-7,12-16,18H2,1H3,(H,33,40). The van der Waals surface area contributed by atoms with E-state index < -0.39 is 18.2 Å². The van der Waals surface area contributed by atoms with E-state index in [0.29, 0.717) is 37.1 Å². The number of nitrogens with zero attached hydrogens (tertiary/aromatic N) is 1. The van der Waals surface area contributed by atoms with Crippen molar-refractivity contribution in [1.82, 2.24) is 15.2 Å². The fraction of sp³-hybridized carbons (Fsp3) is 0.387. The van der Waals surface area contributed by atoms with Crippen LogP contribution in [-0.2, 0) is 20.8 Å². The maximum absolute atomic E-state index is 13.6. The summed E-state index contributed by atoms with van der Waals surface area (Å²) in [7, 11) is 0. The molecule has 0 saturated carbocycles. The number of benzene rings is 2. The number of nitrogens with one attached hydrogen (secondary N) is 2. The molecule has 1 aliphatic rings. The number of halogens is 1. The minimum Gasteiger partial charge on any atom is -0.482 e. The van der Waals surface area contributed by atoms with Crippen LogP contribution in [-0.4, -0.2) is 75.6 Å². The number of fused-ring (bicyclic) bond motifs is 1. The Kier molecular flexibility index (Phi) is 10.9. The van der Waals surface area contributed by atoms with Crippen molar-refractivity contribution < 1.29 is 29.3 Å². The minimum absolute atomic E-state index is 0.0110. The van der Waals surface area contributed by atoms with Gasteiger partial charge in [0.25, 0.3) is 0 Å². The Labute approximate surface area is 253 Å². The molecule has 2 aromatic carbocycles. The van der Waals surface area contributed by atoms with Gasteiger partial charge in [-0.05, 0) is 71.7 Å². The predicted molar refractivity (Wildman–Crippen MR) is 164 cm³/mol. The quantitative estimate of drug-likeness (QED) is 0.206. The Morgan fingerprint density at radius 1 is 1.12 bits per heavy atom. The van der Waals surface area contributed by atoms with E-state index in [1.54, 1.807) is 17.0 Å². The van der Waals surface area contributed by atoms with Crippen LogP contribution in [0.2, 0.25) is 0 Å². The first kappa shape index (κ1) is 30.7. The van der Waals surface area contributed by atoms with Gasteiger partial charge in [0.05, 0.1) is 16.2 Å². The Morgan fingerprint density at radius 3 is 2.61 bits per heavy atom. The van der Waals surface area contributed by atoms with Gasteiger partial charge in [0.1, 0.15) is 23.7 Å². The molecule has 2 amide bonds. The second-order valence-corrected chi connectivity index (χ2v) is 11.4. The summed E-state index contributed by atoms with van der Waals surface area (Å²) in [5, 5.41) is 24.6. The van der Waals surface area contributed by atoms with Crippen molar-refractivity contribution in [2.45, 2.75) is 57.3 Å². The van der Waals surface area contributed by atoms with Crippen LogP contribution < -0.4 is 10.1 Å². The highest BCUT2D eigenvalue weighted by molar-refractivity contribution is 14.1. The Hall–Kier alpha value is -3.22. The first-order valence-corrected chi connectivity index (χ1v) is 14.9. The van der Waals surface area contributed by atoms with E-state index in [9.17, 15) is 24.6 Å². The molecule has 218 valence electrons. The van der Waals surface area contributed by atoms with Crippen LogP contribution in [0.5, 0.6) is 5.75 Å². The van der Waals surface area contributed by atoms with Gasteiger partial charge in [-0.2, -0.15) is 0 Å². The summed E-state index contributed by atoms with van der Waals surface area (Å²) in [4.78, 5) is 43.2. The monoisotopic (exact) mass is 673 g/mol. The molecule has 0 fully saturated rings. The lowest BCUT2D eigenvalue weighted by Gasteiger charge is -2.40. The number of aliphatic hydroxyl groups is 2. The number of aromatic nitrogens is 1. The van der Waals surface area contributed by atoms with Gasteiger partial charge in [0, 0.05) is 55.6 Å². The Morgan fingerprint density at radius 2 is 1.88 bits per heavy atom. The molecule has 0 saturated heterocycles. The molecule has 10 heteroatoms. The third-order valence-electron chi connectivity index (χ3n) is 7.16. The fourth-order valence-electron chi connectivity index (χ4n) is 5.08. The number of hydrogen-bond acceptors (Lipinski definition) is 6. The molecule has 0 radical (unpaired) electrons. The Balaban J connectivity index is 1.62. The number of rotatable bonds is 13. The van der Waals surface area contributed by atoms with Crippen LogP contribution in [0.25, 0.3) is 10.9 Å². The van der Waals surface area contributed by atoms with Crippen molar-refractivity contribution >= 4 is 51.1 Å². The molecule has 1 aliphatic carbocycles. The zero-order valence-corrected chi connectivity index (χ0v) is 25.2. The average Bonchev–Trinajstić information content (AvgIpc) is 3.37. The lowest BCUT2D eigenvalue weighted by atomic mass is 9.87. The van der Waals surface area contributed by atoms with Crippen LogP contribution >= 0.6 is 22.6 Å². The van der Waals surface area contributed by atoms with E-state index >= 15 is 0 Å². The first-order valence-electron chi connectivity index (χ1n) is 13.8. The highest BCUT2D eigenvalue weighted by Gasteiger charge is 2.40. The molecule has 4 rings (SSSR count). The van der Waals surface area contributed by atoms with Gasteiger partial charge in [-0.1, -0.05) is 30.3 Å². The van der Waals surface area contributed by atoms with E-state index in [0.717, 1.165) is 20.2 Å². The van der Waals surface area contributed by atoms with Gasteiger partial charge in [0.2, 0.25) is 11.8 Å². The second kappa shape index (κ2) is 14.6. The molecule has 3 atom stereocenters. The highest BCUT2D eigenvalue weighted by Crippen LogP contribution is 2.30. The van der Waals surface area contributed by atoms with E-state index in [4.69, 9.17) is 4.74 Å². The molecule has 3 aromatic rings. The lowest BCUT2D eigenvalue weighted by molar-refractivity contribution is -0.138. The van der Waals surface area contributed by atoms with Crippen molar-refractivity contribution in [2.24, 2.45) is 0 Å². The molecule has 1 heterocycles. The number of H-pyrrole nitrogens is 1. The van der Waals surface area contributed by atoms with Crippen molar-refractivity contribution in [3.8, 4) is 5.75 Å². The van der Waals surface area contributed by atoms with Gasteiger partial charge in [-0.15, -0.1) is 0 Å². The Bertz CT molecular complexity index is 1370. The molecule has 0 aliphatic heterocycles. The summed E-state index contributed by atoms with van der Waals surface area (Å²) in [6.07, 6.45) is 1.08. The summed E-state index contributed by atoms with van der Waals surface area (Å²) in [6, 6.07) is 16.6. The zero-order valence-electron chi connectivity index (χ0n) is 23.0. The van der Waals surface area contributed by atoms with E-state index in [-0.39, 0.29) is 43.6 Å². The first-order chi connectivity index (χ1) is 19.8. The van der Waals surface area contributed by atoms with Gasteiger partial charge >= 0.3 is 0 Å². The van der Waals surface area contributed by atoms with Crippen LogP contribution in [0.4, 0.5) is 0 Å². The summed E-state index contributed by atoms with van der Waals surface area (Å²) < 4.78 is 7.05. The normalized spacial score (nSPS) is 18.5. The van der Waals surface area contributed by atoms with Gasteiger partial charge in [-0.3, -0.25) is 9.59 Å². The maximum atomic E-state index is 13.6. The number of hydrogen-bond donors (Lipinski definition) is 4. The molecular weight excluding hydrogens is 637 g/mol. The minimum atomic E-state index is -1.11. The zero-order chi connectivity index (χ0) is 29.4. The number of para-hydroxylation sites is 2. The molecule has 9 nitrogen and oxygen atoms in total. The van der Waals surface area contributed by atoms with Crippen molar-refractivity contribution in [3.63, 3.8) is 0 Å². The average molecular weight is 674 g/mol. The number of ether oxygens (including phenoxy) is 1. The number of Topliss-reactive ketones (excluding diaryl/α,β-unsaturated/α-hetero) is 1. The number of carbonyl (C=O) groups is 3. The number of ketones is 1. The van der Waals surface area contributed by atoms with Crippen LogP contribution in [0.3, 0.4) is 0 Å². The molecule has 0 bridgehead atoms. The second-order valence-electron chi connectivity index (χ2n) is 10.2. The van der Waals surface area contributed by atoms with Crippen molar-refractivity contribution in [1.29, 1.82) is 0 Å². The van der Waals surface area contributed by atoms with Crippen molar-refractivity contribution in [3.05, 3.63) is 75.5 Å². The number of aromatic amines is 1. The van der Waals surface area contributed by atoms with Gasteiger partial charge in [-0.25, -0.2) is 0 Å². The van der Waals surface area contributed by atoms with Crippen LogP contribution in [0, 0.1) is 3.57 Å². The SMILES string of the molecule is CC(=O)CCCC(=O)N(CCc1cc2ccccc2[nH]1)C1CC(C(=O)NCCO)=CC(Oc2ccccc2I)C1O. The van der Waals surface area contributed by atoms with Crippen LogP contribution in [0.15, 0.2) is 66.2 Å². The van der Waals surface area contributed by atoms with E-state index in [1.165, 1.54) is 6.92 Å². The predicted octanol–water partition coefficient (Wildman–Crippen LogP) is 3.52. The smallest absolute Gasteiger partial charge is 0.247 e. The summed E-state index contributed by atoms with van der Waals surface area (Å²) >= 11 is 2.15. The molecule has 3 unspecified atom stereocenters. The third kappa shape index (κ3) is 8.17. The van der Waals surface area contributed by atoms with Gasteiger partial charge < -0.3 is 34.9 Å². The fourth-order valence-corrected chi connectivity index (χ4v) is 5.60. The largest absolute Gasteiger partial charge is 0.482 e. The topological polar surface area (TPSA) is 132 Å². The molecule has 41 heavy (non-hydrogen) atoms. The van der Waals surface area contributed by atoms with Gasteiger partial charge in [0.15, 0.2) is 0 Å².